The fourth-order valence-corrected chi connectivity index (χ4v) is 7.80. The molecular weight excluding hydrogens is 905 g/mol. The van der Waals surface area contributed by atoms with E-state index >= 15 is 0 Å². The van der Waals surface area contributed by atoms with Crippen LogP contribution >= 0.6 is 0 Å². The van der Waals surface area contributed by atoms with Gasteiger partial charge in [-0.1, -0.05) is 66.7 Å². The second kappa shape index (κ2) is 26.0. The highest BCUT2D eigenvalue weighted by atomic mass is 18.2. The molecule has 0 aromatic heterocycles. The molecule has 0 saturated carbocycles. The molecule has 6 atom stereocenters. The van der Waals surface area contributed by atoms with Gasteiger partial charge in [0.1, 0.15) is 47.5 Å². The Bertz CT molecular complexity index is 2460. The second-order valence-corrected chi connectivity index (χ2v) is 17.1. The van der Waals surface area contributed by atoms with Crippen molar-refractivity contribution in [2.45, 2.75) is 94.5 Å². The number of nitrogens with one attached hydrogen (secondary N) is 6. The number of hydrogen-bond donors (Lipinski definition) is 10. The Kier molecular flexibility index (Phi) is 19.7. The highest BCUT2D eigenvalue weighted by Crippen LogP contribution is 2.21. The topological polar surface area (TPSA) is 304 Å². The van der Waals surface area contributed by atoms with E-state index in [9.17, 15) is 53.0 Å². The lowest BCUT2D eigenvalue weighted by Gasteiger charge is -2.30. The van der Waals surface area contributed by atoms with Crippen molar-refractivity contribution in [3.63, 3.8) is 0 Å². The molecule has 70 heavy (non-hydrogen) atoms. The quantitative estimate of drug-likeness (QED) is 0.0437. The third-order valence-electron chi connectivity index (χ3n) is 11.7. The average molecular weight is 965 g/mol. The Balaban J connectivity index is 1.19. The van der Waals surface area contributed by atoms with Crippen molar-refractivity contribution < 1.29 is 53.0 Å². The first-order valence-corrected chi connectivity index (χ1v) is 22.9. The van der Waals surface area contributed by atoms with Crippen molar-refractivity contribution in [1.29, 1.82) is 0 Å². The molecule has 1 saturated heterocycles. The van der Waals surface area contributed by atoms with E-state index in [-0.39, 0.29) is 62.3 Å². The Morgan fingerprint density at radius 3 is 1.91 bits per heavy atom. The van der Waals surface area contributed by atoms with Gasteiger partial charge in [0.05, 0.1) is 18.2 Å². The zero-order valence-corrected chi connectivity index (χ0v) is 38.7. The molecule has 19 nitrogen and oxygen atoms in total. The van der Waals surface area contributed by atoms with Crippen LogP contribution in [0.3, 0.4) is 0 Å². The maximum Gasteiger partial charge on any atom is 0.254 e. The number of carbonyl (C=O) groups excluding carboxylic acids is 8. The molecule has 0 bridgehead atoms. The van der Waals surface area contributed by atoms with E-state index in [4.69, 9.17) is 11.5 Å². The number of phenols is 2. The first kappa shape index (κ1) is 53.1. The number of phenolic OH excluding ortho intramolecular Hbond substituents is 2. The number of nitrogens with zero attached hydrogens (tertiary/aromatic N) is 1. The number of hydrogen-bond acceptors (Lipinski definition) is 11. The third-order valence-corrected chi connectivity index (χ3v) is 11.7. The molecule has 8 amide bonds. The number of primary amides is 1. The highest BCUT2D eigenvalue weighted by molar-refractivity contribution is 5.97. The summed E-state index contributed by atoms with van der Waals surface area (Å²) in [4.78, 5) is 108. The van der Waals surface area contributed by atoms with Gasteiger partial charge in [0.25, 0.3) is 5.91 Å². The molecule has 1 fully saturated rings. The standard InChI is InChI=1S/C50H60FN9O10/c1-30(56-47(67)38(52)26-32-16-20-34(61)21-17-32)45(65)59-40(27-31-10-3-2-4-11-31)48(68)55-29-43(63)57-41(28-33-18-22-35(62)23-19-33)50(70)60-25-9-15-42(60)49(69)58-39(44(53)64)14-7-8-24-54-46(66)36-12-5-6-13-37(36)51/h2-6,10-13,16-23,30,38-42,61-62H,7-9,14-15,24-29,52H2,1H3,(H2,53,64)(H,54,66)(H,55,68)(H,56,67)(H,57,63)(H,58,69)(H,59,65)/t30-,38-,39?,40-,41-,42-/m0/s1/i51-1. The molecular formula is C50H60FN9O10. The highest BCUT2D eigenvalue weighted by Gasteiger charge is 2.39. The van der Waals surface area contributed by atoms with Gasteiger partial charge in [-0.15, -0.1) is 0 Å². The summed E-state index contributed by atoms with van der Waals surface area (Å²) in [5.41, 5.74) is 13.5. The summed E-state index contributed by atoms with van der Waals surface area (Å²) in [6.07, 6.45) is 1.58. The fraction of sp³-hybridized carbons (Fsp3) is 0.360. The van der Waals surface area contributed by atoms with E-state index in [1.165, 1.54) is 60.4 Å². The fourth-order valence-electron chi connectivity index (χ4n) is 7.80. The lowest BCUT2D eigenvalue weighted by Crippen LogP contribution is -2.58. The molecule has 0 spiro atoms. The zero-order valence-electron chi connectivity index (χ0n) is 38.7. The van der Waals surface area contributed by atoms with Crippen LogP contribution in [0.25, 0.3) is 0 Å². The number of unbranched alkanes of at least 4 members (excludes halogenated alkanes) is 1. The minimum Gasteiger partial charge on any atom is -0.508 e. The average Bonchev–Trinajstić information content (AvgIpc) is 3.84. The van der Waals surface area contributed by atoms with Crippen molar-refractivity contribution in [3.05, 3.63) is 131 Å². The van der Waals surface area contributed by atoms with E-state index in [0.717, 1.165) is 0 Å². The van der Waals surface area contributed by atoms with Crippen molar-refractivity contribution in [2.24, 2.45) is 11.5 Å². The summed E-state index contributed by atoms with van der Waals surface area (Å²) in [5.74, 6) is -6.17. The molecule has 20 heteroatoms. The molecule has 1 aliphatic heterocycles. The van der Waals surface area contributed by atoms with E-state index in [1.807, 2.05) is 0 Å². The van der Waals surface area contributed by atoms with Crippen LogP contribution in [0, 0.1) is 5.82 Å². The van der Waals surface area contributed by atoms with Crippen molar-refractivity contribution in [1.82, 2.24) is 36.8 Å². The number of likely N-dealkylation sites (tertiary alicyclic amines) is 1. The zero-order chi connectivity index (χ0) is 50.7. The SMILES string of the molecule is C[C@H](NC(=O)[C@@H](N)Cc1ccc(O)cc1)C(=O)N[C@@H](Cc1ccccc1)C(=O)NCC(=O)N[C@@H](Cc1ccc(O)cc1)C(=O)N1CCC[C@H]1C(=O)NC(CCCCNC(=O)c1ccccc1[18F])C(N)=O. The van der Waals surface area contributed by atoms with Crippen LogP contribution in [0.15, 0.2) is 103 Å². The van der Waals surface area contributed by atoms with Crippen LogP contribution in [0.4, 0.5) is 4.39 Å². The van der Waals surface area contributed by atoms with Gasteiger partial charge < -0.3 is 58.5 Å². The van der Waals surface area contributed by atoms with Crippen LogP contribution in [0.5, 0.6) is 11.5 Å². The second-order valence-electron chi connectivity index (χ2n) is 17.1. The number of benzene rings is 4. The van der Waals surface area contributed by atoms with Gasteiger partial charge in [-0.2, -0.15) is 0 Å². The van der Waals surface area contributed by atoms with Crippen LogP contribution in [-0.2, 0) is 52.8 Å². The largest absolute Gasteiger partial charge is 0.508 e. The van der Waals surface area contributed by atoms with E-state index < -0.39 is 95.9 Å². The summed E-state index contributed by atoms with van der Waals surface area (Å²) >= 11 is 0. The Hall–Kier alpha value is -7.87. The molecule has 5 rings (SSSR count). The number of halogens is 1. The maximum absolute atomic E-state index is 14.3. The Morgan fingerprint density at radius 2 is 1.27 bits per heavy atom. The molecule has 0 radical (unpaired) electrons. The van der Waals surface area contributed by atoms with Crippen molar-refractivity contribution >= 4 is 47.3 Å². The minimum atomic E-state index is -1.27. The monoisotopic (exact) mass is 964 g/mol. The molecule has 1 aliphatic rings. The van der Waals surface area contributed by atoms with Crippen LogP contribution in [-0.4, -0.2) is 118 Å². The molecule has 4 aromatic rings. The normalized spacial score (nSPS) is 15.2. The van der Waals surface area contributed by atoms with Gasteiger partial charge in [-0.25, -0.2) is 4.39 Å². The molecule has 1 heterocycles. The number of amides is 8. The Labute approximate surface area is 404 Å². The predicted molar refractivity (Wildman–Crippen MR) is 255 cm³/mol. The summed E-state index contributed by atoms with van der Waals surface area (Å²) < 4.78 is 14.0. The summed E-state index contributed by atoms with van der Waals surface area (Å²) in [6, 6.07) is 19.6. The van der Waals surface area contributed by atoms with Crippen molar-refractivity contribution in [2.75, 3.05) is 19.6 Å². The lowest BCUT2D eigenvalue weighted by molar-refractivity contribution is -0.142. The summed E-state index contributed by atoms with van der Waals surface area (Å²) in [5, 5.41) is 35.1. The molecule has 12 N–H and O–H groups in total. The molecule has 0 aliphatic carbocycles. The first-order chi connectivity index (χ1) is 33.5. The van der Waals surface area contributed by atoms with Gasteiger partial charge in [-0.3, -0.25) is 38.4 Å². The van der Waals surface area contributed by atoms with Gasteiger partial charge in [-0.05, 0) is 98.5 Å². The molecule has 1 unspecified atom stereocenters. The minimum absolute atomic E-state index is 0.00727. The van der Waals surface area contributed by atoms with Crippen LogP contribution in [0.2, 0.25) is 0 Å². The van der Waals surface area contributed by atoms with Crippen molar-refractivity contribution in [3.8, 4) is 11.5 Å². The Morgan fingerprint density at radius 1 is 0.671 bits per heavy atom. The number of nitrogens with two attached hydrogens (primary N) is 2. The summed E-state index contributed by atoms with van der Waals surface area (Å²) in [6.45, 7) is 1.10. The number of rotatable bonds is 24. The molecule has 4 aromatic carbocycles. The van der Waals surface area contributed by atoms with Gasteiger partial charge >= 0.3 is 0 Å². The first-order valence-electron chi connectivity index (χ1n) is 22.9. The van der Waals surface area contributed by atoms with E-state index in [2.05, 4.69) is 31.9 Å². The number of carbonyl (C=O) groups is 8. The smallest absolute Gasteiger partial charge is 0.254 e. The van der Waals surface area contributed by atoms with Crippen LogP contribution < -0.4 is 43.4 Å². The van der Waals surface area contributed by atoms with E-state index in [1.54, 1.807) is 54.6 Å². The summed E-state index contributed by atoms with van der Waals surface area (Å²) in [7, 11) is 0. The molecule has 372 valence electrons. The van der Waals surface area contributed by atoms with Gasteiger partial charge in [0, 0.05) is 25.9 Å². The van der Waals surface area contributed by atoms with Crippen LogP contribution in [0.1, 0.15) is 66.1 Å². The third kappa shape index (κ3) is 16.1. The number of aromatic hydroxyl groups is 2. The van der Waals surface area contributed by atoms with E-state index in [0.29, 0.717) is 36.0 Å². The lowest BCUT2D eigenvalue weighted by atomic mass is 10.0. The predicted octanol–water partition coefficient (Wildman–Crippen LogP) is 0.744. The van der Waals surface area contributed by atoms with Gasteiger partial charge in [0.2, 0.25) is 41.4 Å². The van der Waals surface area contributed by atoms with Gasteiger partial charge in [0.15, 0.2) is 0 Å². The maximum atomic E-state index is 14.3.